The van der Waals surface area contributed by atoms with Crippen molar-refractivity contribution in [3.8, 4) is 0 Å². The van der Waals surface area contributed by atoms with Gasteiger partial charge in [0.25, 0.3) is 0 Å². The molecule has 0 aliphatic heterocycles. The van der Waals surface area contributed by atoms with Gasteiger partial charge in [0.2, 0.25) is 0 Å². The van der Waals surface area contributed by atoms with Crippen LogP contribution in [0.2, 0.25) is 0 Å². The molecule has 1 N–H and O–H groups in total. The SMILES string of the molecule is CCCNC(c1ccoc1)c1ccc(F)c(C)c1. The minimum Gasteiger partial charge on any atom is -0.472 e. The summed E-state index contributed by atoms with van der Waals surface area (Å²) in [6, 6.07) is 7.22. The van der Waals surface area contributed by atoms with E-state index >= 15 is 0 Å². The molecule has 0 spiro atoms. The first kappa shape index (κ1) is 12.8. The zero-order chi connectivity index (χ0) is 13.0. The molecule has 96 valence electrons. The number of benzene rings is 1. The fourth-order valence-electron chi connectivity index (χ4n) is 2.00. The summed E-state index contributed by atoms with van der Waals surface area (Å²) in [5.41, 5.74) is 2.79. The van der Waals surface area contributed by atoms with Crippen molar-refractivity contribution in [1.82, 2.24) is 5.32 Å². The summed E-state index contributed by atoms with van der Waals surface area (Å²) in [6.45, 7) is 4.81. The lowest BCUT2D eigenvalue weighted by atomic mass is 9.99. The van der Waals surface area contributed by atoms with Crippen molar-refractivity contribution < 1.29 is 8.81 Å². The van der Waals surface area contributed by atoms with E-state index in [1.807, 2.05) is 18.2 Å². The van der Waals surface area contributed by atoms with Gasteiger partial charge in [0, 0.05) is 5.56 Å². The maximum atomic E-state index is 13.3. The van der Waals surface area contributed by atoms with Crippen LogP contribution in [0.15, 0.2) is 41.2 Å². The topological polar surface area (TPSA) is 25.2 Å². The number of halogens is 1. The van der Waals surface area contributed by atoms with Crippen molar-refractivity contribution >= 4 is 0 Å². The molecule has 1 aromatic carbocycles. The molecule has 1 atom stereocenters. The van der Waals surface area contributed by atoms with Crippen LogP contribution in [-0.4, -0.2) is 6.54 Å². The second-order valence-corrected chi connectivity index (χ2v) is 4.45. The molecule has 2 nitrogen and oxygen atoms in total. The summed E-state index contributed by atoms with van der Waals surface area (Å²) in [6.07, 6.45) is 4.44. The molecule has 0 amide bonds. The van der Waals surface area contributed by atoms with Gasteiger partial charge in [-0.3, -0.25) is 0 Å². The van der Waals surface area contributed by atoms with E-state index in [4.69, 9.17) is 4.42 Å². The molecule has 2 rings (SSSR count). The Morgan fingerprint density at radius 2 is 2.11 bits per heavy atom. The van der Waals surface area contributed by atoms with Gasteiger partial charge < -0.3 is 9.73 Å². The van der Waals surface area contributed by atoms with E-state index in [9.17, 15) is 4.39 Å². The molecule has 1 unspecified atom stereocenters. The predicted octanol–water partition coefficient (Wildman–Crippen LogP) is 3.82. The van der Waals surface area contributed by atoms with Crippen molar-refractivity contribution in [2.75, 3.05) is 6.54 Å². The van der Waals surface area contributed by atoms with E-state index in [-0.39, 0.29) is 11.9 Å². The Hall–Kier alpha value is -1.61. The van der Waals surface area contributed by atoms with E-state index in [1.54, 1.807) is 19.5 Å². The lowest BCUT2D eigenvalue weighted by molar-refractivity contribution is 0.547. The van der Waals surface area contributed by atoms with Gasteiger partial charge in [-0.15, -0.1) is 0 Å². The van der Waals surface area contributed by atoms with Crippen molar-refractivity contribution in [1.29, 1.82) is 0 Å². The van der Waals surface area contributed by atoms with Crippen molar-refractivity contribution in [2.45, 2.75) is 26.3 Å². The molecular formula is C15H18FNO. The van der Waals surface area contributed by atoms with Crippen LogP contribution >= 0.6 is 0 Å². The number of nitrogens with one attached hydrogen (secondary N) is 1. The number of furan rings is 1. The molecule has 0 saturated carbocycles. The van der Waals surface area contributed by atoms with Gasteiger partial charge >= 0.3 is 0 Å². The van der Waals surface area contributed by atoms with Gasteiger partial charge in [0.15, 0.2) is 0 Å². The van der Waals surface area contributed by atoms with Crippen molar-refractivity contribution in [2.24, 2.45) is 0 Å². The van der Waals surface area contributed by atoms with Crippen LogP contribution < -0.4 is 5.32 Å². The number of aryl methyl sites for hydroxylation is 1. The van der Waals surface area contributed by atoms with Crippen LogP contribution in [-0.2, 0) is 0 Å². The first-order valence-electron chi connectivity index (χ1n) is 6.24. The van der Waals surface area contributed by atoms with E-state index in [0.717, 1.165) is 24.1 Å². The number of hydrogen-bond acceptors (Lipinski definition) is 2. The van der Waals surface area contributed by atoms with Crippen LogP contribution in [0.25, 0.3) is 0 Å². The van der Waals surface area contributed by atoms with Crippen LogP contribution in [0.5, 0.6) is 0 Å². The van der Waals surface area contributed by atoms with E-state index < -0.39 is 0 Å². The van der Waals surface area contributed by atoms with Gasteiger partial charge in [0.05, 0.1) is 18.6 Å². The second kappa shape index (κ2) is 5.83. The van der Waals surface area contributed by atoms with Gasteiger partial charge in [-0.1, -0.05) is 19.1 Å². The van der Waals surface area contributed by atoms with Gasteiger partial charge in [-0.25, -0.2) is 4.39 Å². The van der Waals surface area contributed by atoms with Crippen LogP contribution in [0.4, 0.5) is 4.39 Å². The summed E-state index contributed by atoms with van der Waals surface area (Å²) in [7, 11) is 0. The Bertz CT molecular complexity index is 493. The largest absolute Gasteiger partial charge is 0.472 e. The summed E-state index contributed by atoms with van der Waals surface area (Å²) in [5.74, 6) is -0.166. The lowest BCUT2D eigenvalue weighted by Crippen LogP contribution is -2.22. The third kappa shape index (κ3) is 2.79. The number of hydrogen-bond donors (Lipinski definition) is 1. The first-order valence-corrected chi connectivity index (χ1v) is 6.24. The average Bonchev–Trinajstić information content (AvgIpc) is 2.88. The van der Waals surface area contributed by atoms with Crippen LogP contribution in [0, 0.1) is 12.7 Å². The minimum absolute atomic E-state index is 0.0583. The minimum atomic E-state index is -0.166. The van der Waals surface area contributed by atoms with E-state index in [0.29, 0.717) is 5.56 Å². The molecule has 0 aliphatic rings. The maximum absolute atomic E-state index is 13.3. The summed E-state index contributed by atoms with van der Waals surface area (Å²) in [4.78, 5) is 0. The molecule has 0 saturated heterocycles. The lowest BCUT2D eigenvalue weighted by Gasteiger charge is -2.18. The quantitative estimate of drug-likeness (QED) is 0.869. The van der Waals surface area contributed by atoms with Gasteiger partial charge in [0.1, 0.15) is 5.82 Å². The van der Waals surface area contributed by atoms with Crippen molar-refractivity contribution in [3.63, 3.8) is 0 Å². The normalized spacial score (nSPS) is 12.6. The highest BCUT2D eigenvalue weighted by Crippen LogP contribution is 2.24. The molecule has 1 aromatic heterocycles. The van der Waals surface area contributed by atoms with Crippen LogP contribution in [0.3, 0.4) is 0 Å². The monoisotopic (exact) mass is 247 g/mol. The summed E-state index contributed by atoms with van der Waals surface area (Å²) < 4.78 is 18.5. The van der Waals surface area contributed by atoms with E-state index in [1.165, 1.54) is 6.07 Å². The smallest absolute Gasteiger partial charge is 0.126 e. The second-order valence-electron chi connectivity index (χ2n) is 4.45. The summed E-state index contributed by atoms with van der Waals surface area (Å²) >= 11 is 0. The highest BCUT2D eigenvalue weighted by Gasteiger charge is 2.15. The third-order valence-electron chi connectivity index (χ3n) is 2.99. The molecule has 0 bridgehead atoms. The maximum Gasteiger partial charge on any atom is 0.126 e. The molecule has 0 fully saturated rings. The molecule has 1 heterocycles. The van der Waals surface area contributed by atoms with Crippen LogP contribution in [0.1, 0.15) is 36.1 Å². The average molecular weight is 247 g/mol. The van der Waals surface area contributed by atoms with E-state index in [2.05, 4.69) is 12.2 Å². The molecule has 0 aliphatic carbocycles. The number of rotatable bonds is 5. The molecule has 2 aromatic rings. The Kier molecular flexibility index (Phi) is 4.15. The fraction of sp³-hybridized carbons (Fsp3) is 0.333. The zero-order valence-corrected chi connectivity index (χ0v) is 10.7. The van der Waals surface area contributed by atoms with Gasteiger partial charge in [-0.2, -0.15) is 0 Å². The highest BCUT2D eigenvalue weighted by molar-refractivity contribution is 5.33. The molecule has 18 heavy (non-hydrogen) atoms. The zero-order valence-electron chi connectivity index (χ0n) is 10.7. The van der Waals surface area contributed by atoms with Crippen molar-refractivity contribution in [3.05, 3.63) is 59.3 Å². The van der Waals surface area contributed by atoms with Gasteiger partial charge in [-0.05, 0) is 43.1 Å². The first-order chi connectivity index (χ1) is 8.72. The Morgan fingerprint density at radius 3 is 2.72 bits per heavy atom. The molecular weight excluding hydrogens is 229 g/mol. The summed E-state index contributed by atoms with van der Waals surface area (Å²) in [5, 5.41) is 3.45. The Morgan fingerprint density at radius 1 is 1.28 bits per heavy atom. The standard InChI is InChI=1S/C15H18FNO/c1-3-7-17-15(13-6-8-18-10-13)12-4-5-14(16)11(2)9-12/h4-6,8-10,15,17H,3,7H2,1-2H3. The Labute approximate surface area is 107 Å². The predicted molar refractivity (Wildman–Crippen MR) is 70.0 cm³/mol. The molecule has 3 heteroatoms. The Balaban J connectivity index is 2.30. The highest BCUT2D eigenvalue weighted by atomic mass is 19.1. The fourth-order valence-corrected chi connectivity index (χ4v) is 2.00. The third-order valence-corrected chi connectivity index (χ3v) is 2.99. The molecule has 0 radical (unpaired) electrons.